The minimum atomic E-state index is -4.07. The second-order valence-corrected chi connectivity index (χ2v) is 7.53. The van der Waals surface area contributed by atoms with E-state index in [1.54, 1.807) is 12.1 Å². The van der Waals surface area contributed by atoms with Gasteiger partial charge in [0.2, 0.25) is 10.0 Å². The number of ether oxygens (including phenoxy) is 1. The van der Waals surface area contributed by atoms with Crippen LogP contribution in [0.3, 0.4) is 0 Å². The molecule has 1 atom stereocenters. The Balaban J connectivity index is 1.86. The molecule has 1 heterocycles. The van der Waals surface area contributed by atoms with Gasteiger partial charge in [-0.3, -0.25) is 0 Å². The zero-order valence-electron chi connectivity index (χ0n) is 13.0. The zero-order valence-corrected chi connectivity index (χ0v) is 13.8. The van der Waals surface area contributed by atoms with E-state index in [9.17, 15) is 17.9 Å². The van der Waals surface area contributed by atoms with Gasteiger partial charge < -0.3 is 14.3 Å². The Bertz CT molecular complexity index is 817. The van der Waals surface area contributed by atoms with E-state index in [0.717, 1.165) is 25.0 Å². The van der Waals surface area contributed by atoms with Crippen molar-refractivity contribution in [3.63, 3.8) is 0 Å². The van der Waals surface area contributed by atoms with E-state index >= 15 is 0 Å². The monoisotopic (exact) mass is 355 g/mol. The van der Waals surface area contributed by atoms with Gasteiger partial charge in [-0.05, 0) is 49.1 Å². The van der Waals surface area contributed by atoms with Crippen LogP contribution in [0.4, 0.5) is 4.39 Å². The number of hydrogen-bond donors (Lipinski definition) is 2. The van der Waals surface area contributed by atoms with E-state index in [1.165, 1.54) is 19.4 Å². The predicted octanol–water partition coefficient (Wildman–Crippen LogP) is 2.00. The van der Waals surface area contributed by atoms with Crippen molar-refractivity contribution in [1.82, 2.24) is 4.72 Å². The molecule has 1 aromatic carbocycles. The molecule has 2 N–H and O–H groups in total. The highest BCUT2D eigenvalue weighted by atomic mass is 32.2. The summed E-state index contributed by atoms with van der Waals surface area (Å²) in [5.41, 5.74) is -1.43. The van der Waals surface area contributed by atoms with Crippen molar-refractivity contribution in [3.8, 4) is 5.75 Å². The van der Waals surface area contributed by atoms with Crippen LogP contribution in [0.5, 0.6) is 5.75 Å². The fraction of sp³-hybridized carbons (Fsp3) is 0.375. The minimum Gasteiger partial charge on any atom is -0.495 e. The highest BCUT2D eigenvalue weighted by Gasteiger charge is 2.47. The normalized spacial score (nSPS) is 17.5. The summed E-state index contributed by atoms with van der Waals surface area (Å²) >= 11 is 0. The highest BCUT2D eigenvalue weighted by molar-refractivity contribution is 7.89. The van der Waals surface area contributed by atoms with Gasteiger partial charge in [-0.25, -0.2) is 17.5 Å². The van der Waals surface area contributed by atoms with E-state index in [1.807, 2.05) is 0 Å². The van der Waals surface area contributed by atoms with Crippen LogP contribution in [0.15, 0.2) is 45.9 Å². The first-order valence-electron chi connectivity index (χ1n) is 7.46. The van der Waals surface area contributed by atoms with Gasteiger partial charge in [0.15, 0.2) is 0 Å². The molecule has 130 valence electrons. The van der Waals surface area contributed by atoms with Gasteiger partial charge in [0.25, 0.3) is 0 Å². The number of benzene rings is 1. The van der Waals surface area contributed by atoms with Gasteiger partial charge in [-0.1, -0.05) is 0 Å². The number of halogens is 1. The van der Waals surface area contributed by atoms with Crippen molar-refractivity contribution in [2.45, 2.75) is 23.3 Å². The van der Waals surface area contributed by atoms with Crippen molar-refractivity contribution < 1.29 is 27.1 Å². The van der Waals surface area contributed by atoms with E-state index < -0.39 is 21.4 Å². The summed E-state index contributed by atoms with van der Waals surface area (Å²) in [5, 5.41) is 10.9. The molecule has 6 nitrogen and oxygen atoms in total. The lowest BCUT2D eigenvalue weighted by Crippen LogP contribution is -2.42. The van der Waals surface area contributed by atoms with Gasteiger partial charge in [0.05, 0.1) is 13.4 Å². The molecule has 1 saturated carbocycles. The lowest BCUT2D eigenvalue weighted by Gasteiger charge is -2.26. The molecule has 0 bridgehead atoms. The Hall–Kier alpha value is -1.90. The number of nitrogens with one attached hydrogen (secondary N) is 1. The molecule has 2 aromatic rings. The summed E-state index contributed by atoms with van der Waals surface area (Å²) in [5.74, 6) is -0.448. The molecule has 1 aromatic heterocycles. The van der Waals surface area contributed by atoms with Crippen LogP contribution in [0, 0.1) is 11.7 Å². The SMILES string of the molecule is COc1ccc(F)cc1S(=O)(=O)NCC(O)(c1ccco1)C1CC1. The fourth-order valence-electron chi connectivity index (χ4n) is 2.66. The summed E-state index contributed by atoms with van der Waals surface area (Å²) < 4.78 is 51.1. The molecule has 24 heavy (non-hydrogen) atoms. The number of hydrogen-bond acceptors (Lipinski definition) is 5. The van der Waals surface area contributed by atoms with Crippen LogP contribution < -0.4 is 9.46 Å². The molecule has 0 amide bonds. The third kappa shape index (κ3) is 3.17. The maximum absolute atomic E-state index is 13.4. The van der Waals surface area contributed by atoms with Gasteiger partial charge in [-0.2, -0.15) is 0 Å². The maximum atomic E-state index is 13.4. The van der Waals surface area contributed by atoms with E-state index in [0.29, 0.717) is 5.76 Å². The predicted molar refractivity (Wildman–Crippen MR) is 83.5 cm³/mol. The van der Waals surface area contributed by atoms with E-state index in [2.05, 4.69) is 4.72 Å². The zero-order chi connectivity index (χ0) is 17.4. The number of sulfonamides is 1. The largest absolute Gasteiger partial charge is 0.495 e. The first-order chi connectivity index (χ1) is 11.4. The number of furan rings is 1. The topological polar surface area (TPSA) is 88.8 Å². The molecule has 0 radical (unpaired) electrons. The first kappa shape index (κ1) is 16.9. The number of aliphatic hydroxyl groups is 1. The summed E-state index contributed by atoms with van der Waals surface area (Å²) in [6.07, 6.45) is 2.98. The first-order valence-corrected chi connectivity index (χ1v) is 8.95. The molecule has 8 heteroatoms. The van der Waals surface area contributed by atoms with Gasteiger partial charge >= 0.3 is 0 Å². The maximum Gasteiger partial charge on any atom is 0.244 e. The second kappa shape index (κ2) is 6.19. The molecule has 0 aliphatic heterocycles. The molecule has 1 aliphatic carbocycles. The molecular weight excluding hydrogens is 337 g/mol. The lowest BCUT2D eigenvalue weighted by atomic mass is 9.95. The van der Waals surface area contributed by atoms with Crippen LogP contribution in [0.25, 0.3) is 0 Å². The van der Waals surface area contributed by atoms with Crippen LogP contribution in [0.2, 0.25) is 0 Å². The summed E-state index contributed by atoms with van der Waals surface area (Å²) in [6.45, 7) is -0.271. The highest BCUT2D eigenvalue weighted by Crippen LogP contribution is 2.45. The van der Waals surface area contributed by atoms with Crippen LogP contribution in [-0.4, -0.2) is 27.2 Å². The number of methoxy groups -OCH3 is 1. The van der Waals surface area contributed by atoms with Crippen LogP contribution >= 0.6 is 0 Å². The average Bonchev–Trinajstić information content (AvgIpc) is 3.28. The Morgan fingerprint density at radius 3 is 2.75 bits per heavy atom. The van der Waals surface area contributed by atoms with E-state index in [4.69, 9.17) is 9.15 Å². The van der Waals surface area contributed by atoms with Gasteiger partial charge in [0.1, 0.15) is 27.8 Å². The summed E-state index contributed by atoms with van der Waals surface area (Å²) in [7, 11) is -2.77. The Labute approximate surface area is 139 Å². The molecular formula is C16H18FNO5S. The van der Waals surface area contributed by atoms with Crippen LogP contribution in [-0.2, 0) is 15.6 Å². The second-order valence-electron chi connectivity index (χ2n) is 5.80. The van der Waals surface area contributed by atoms with Gasteiger partial charge in [-0.15, -0.1) is 0 Å². The third-order valence-corrected chi connectivity index (χ3v) is 5.57. The van der Waals surface area contributed by atoms with Crippen molar-refractivity contribution in [2.75, 3.05) is 13.7 Å². The third-order valence-electron chi connectivity index (χ3n) is 4.15. The number of rotatable bonds is 7. The smallest absolute Gasteiger partial charge is 0.244 e. The lowest BCUT2D eigenvalue weighted by molar-refractivity contribution is -0.00225. The Morgan fingerprint density at radius 2 is 2.17 bits per heavy atom. The van der Waals surface area contributed by atoms with Crippen LogP contribution in [0.1, 0.15) is 18.6 Å². The molecule has 1 fully saturated rings. The molecule has 3 rings (SSSR count). The molecule has 0 spiro atoms. The van der Waals surface area contributed by atoms with Crippen molar-refractivity contribution in [2.24, 2.45) is 5.92 Å². The molecule has 1 unspecified atom stereocenters. The summed E-state index contributed by atoms with van der Waals surface area (Å²) in [6, 6.07) is 6.47. The van der Waals surface area contributed by atoms with Crippen molar-refractivity contribution >= 4 is 10.0 Å². The van der Waals surface area contributed by atoms with Gasteiger partial charge in [0, 0.05) is 6.54 Å². The molecule has 0 saturated heterocycles. The Kier molecular flexibility index (Phi) is 4.37. The fourth-order valence-corrected chi connectivity index (χ4v) is 3.91. The Morgan fingerprint density at radius 1 is 1.42 bits per heavy atom. The van der Waals surface area contributed by atoms with E-state index in [-0.39, 0.29) is 23.1 Å². The van der Waals surface area contributed by atoms with Crippen molar-refractivity contribution in [1.29, 1.82) is 0 Å². The quantitative estimate of drug-likeness (QED) is 0.793. The average molecular weight is 355 g/mol. The standard InChI is InChI=1S/C16H18FNO5S/c1-22-13-7-6-12(17)9-14(13)24(20,21)18-10-16(19,11-4-5-11)15-3-2-8-23-15/h2-3,6-9,11,18-19H,4-5,10H2,1H3. The summed E-state index contributed by atoms with van der Waals surface area (Å²) in [4.78, 5) is -0.317. The molecule has 1 aliphatic rings. The minimum absolute atomic E-state index is 0.0249. The van der Waals surface area contributed by atoms with Crippen molar-refractivity contribution in [3.05, 3.63) is 48.2 Å².